The molecule has 13 aromatic rings. The first-order chi connectivity index (χ1) is 31.8. The van der Waals surface area contributed by atoms with Gasteiger partial charge in [-0.15, -0.1) is 0 Å². The van der Waals surface area contributed by atoms with Gasteiger partial charge in [-0.05, 0) is 111 Å². The number of hydrogen-bond acceptors (Lipinski definition) is 2. The van der Waals surface area contributed by atoms with Crippen molar-refractivity contribution in [3.63, 3.8) is 0 Å². The largest absolute Gasteiger partial charge is 0.456 e. The van der Waals surface area contributed by atoms with Crippen molar-refractivity contribution in [2.24, 2.45) is 0 Å². The molecule has 0 atom stereocenters. The van der Waals surface area contributed by atoms with Gasteiger partial charge >= 0.3 is 0 Å². The molecule has 0 aliphatic heterocycles. The third-order valence-corrected chi connectivity index (χ3v) is 14.0. The van der Waals surface area contributed by atoms with Crippen molar-refractivity contribution in [2.75, 3.05) is 4.90 Å². The summed E-state index contributed by atoms with van der Waals surface area (Å²) in [5.74, 6) is 0. The maximum atomic E-state index is 6.46. The van der Waals surface area contributed by atoms with Gasteiger partial charge in [-0.1, -0.05) is 170 Å². The van der Waals surface area contributed by atoms with Crippen LogP contribution in [0, 0.1) is 0 Å². The van der Waals surface area contributed by atoms with E-state index in [0.717, 1.165) is 33.7 Å². The van der Waals surface area contributed by atoms with Crippen molar-refractivity contribution >= 4 is 77.1 Å². The van der Waals surface area contributed by atoms with Gasteiger partial charge in [0.1, 0.15) is 11.2 Å². The van der Waals surface area contributed by atoms with Crippen molar-refractivity contribution in [3.8, 4) is 22.3 Å². The third kappa shape index (κ3) is 4.70. The molecule has 3 heterocycles. The molecule has 0 unspecified atom stereocenters. The zero-order valence-corrected chi connectivity index (χ0v) is 34.7. The van der Waals surface area contributed by atoms with Gasteiger partial charge < -0.3 is 13.7 Å². The number of furan rings is 1. The molecule has 298 valence electrons. The molecule has 0 saturated carbocycles. The molecule has 10 aromatic carbocycles. The number of para-hydroxylation sites is 2. The Bertz CT molecular complexity index is 3900. The molecule has 64 heavy (non-hydrogen) atoms. The average molecular weight is 815 g/mol. The Morgan fingerprint density at radius 3 is 1.67 bits per heavy atom. The monoisotopic (exact) mass is 814 g/mol. The van der Waals surface area contributed by atoms with E-state index in [0.29, 0.717) is 0 Å². The molecule has 3 nitrogen and oxygen atoms in total. The first-order valence-electron chi connectivity index (χ1n) is 22.1. The van der Waals surface area contributed by atoms with Gasteiger partial charge in [-0.25, -0.2) is 0 Å². The maximum absolute atomic E-state index is 6.46. The Hall–Kier alpha value is -8.40. The fraction of sp³-hybridized carbons (Fsp3) is 0.0164. The molecule has 0 amide bonds. The number of anilines is 3. The fourth-order valence-corrected chi connectivity index (χ4v) is 11.5. The van der Waals surface area contributed by atoms with Crippen molar-refractivity contribution in [2.45, 2.75) is 5.41 Å². The Balaban J connectivity index is 0.952. The van der Waals surface area contributed by atoms with Gasteiger partial charge in [0.2, 0.25) is 0 Å². The molecule has 0 bridgehead atoms. The van der Waals surface area contributed by atoms with Gasteiger partial charge in [0.15, 0.2) is 0 Å². The summed E-state index contributed by atoms with van der Waals surface area (Å²) >= 11 is 0. The van der Waals surface area contributed by atoms with Gasteiger partial charge in [-0.2, -0.15) is 0 Å². The zero-order chi connectivity index (χ0) is 41.9. The van der Waals surface area contributed by atoms with Crippen LogP contribution in [-0.4, -0.2) is 4.40 Å². The molecule has 0 N–H and O–H groups in total. The van der Waals surface area contributed by atoms with Gasteiger partial charge in [0.05, 0.1) is 27.4 Å². The van der Waals surface area contributed by atoms with Crippen LogP contribution in [0.3, 0.4) is 0 Å². The second-order valence-corrected chi connectivity index (χ2v) is 17.1. The third-order valence-electron chi connectivity index (χ3n) is 14.0. The SMILES string of the molecule is c1ccc(N(c2ccc(-c3cccc4c3c3cccc5c6cccc7oc8cccc(c8c76)n4c53)cc2)c2ccc3c(c2)-c2ccccc2C3(c2ccccc2)c2ccccc2)cc1. The number of fused-ring (bicyclic) bond motifs is 8. The van der Waals surface area contributed by atoms with E-state index in [4.69, 9.17) is 4.42 Å². The van der Waals surface area contributed by atoms with Gasteiger partial charge in [-0.3, -0.25) is 0 Å². The molecular weight excluding hydrogens is 777 g/mol. The molecule has 0 spiro atoms. The lowest BCUT2D eigenvalue weighted by Gasteiger charge is -2.34. The lowest BCUT2D eigenvalue weighted by atomic mass is 9.68. The Kier molecular flexibility index (Phi) is 7.32. The summed E-state index contributed by atoms with van der Waals surface area (Å²) in [5, 5.41) is 7.28. The van der Waals surface area contributed by atoms with Crippen LogP contribution >= 0.6 is 0 Å². The maximum Gasteiger partial charge on any atom is 0.137 e. The minimum absolute atomic E-state index is 0.448. The zero-order valence-electron chi connectivity index (χ0n) is 34.7. The minimum atomic E-state index is -0.448. The highest BCUT2D eigenvalue weighted by Crippen LogP contribution is 2.57. The van der Waals surface area contributed by atoms with E-state index in [1.165, 1.54) is 87.9 Å². The van der Waals surface area contributed by atoms with E-state index in [2.05, 4.69) is 240 Å². The van der Waals surface area contributed by atoms with Crippen LogP contribution in [0.15, 0.2) is 235 Å². The normalized spacial score (nSPS) is 13.1. The summed E-state index contributed by atoms with van der Waals surface area (Å²) in [4.78, 5) is 2.40. The molecule has 0 fully saturated rings. The minimum Gasteiger partial charge on any atom is -0.456 e. The predicted molar refractivity (Wildman–Crippen MR) is 266 cm³/mol. The highest BCUT2D eigenvalue weighted by atomic mass is 16.3. The quantitative estimate of drug-likeness (QED) is 0.167. The molecular formula is C61H38N2O. The molecule has 3 heteroatoms. The summed E-state index contributed by atoms with van der Waals surface area (Å²) in [6.07, 6.45) is 0. The molecule has 3 aromatic heterocycles. The van der Waals surface area contributed by atoms with E-state index in [1.807, 2.05) is 0 Å². The molecule has 1 aliphatic rings. The summed E-state index contributed by atoms with van der Waals surface area (Å²) in [7, 11) is 0. The number of aromatic nitrogens is 1. The Morgan fingerprint density at radius 2 is 0.906 bits per heavy atom. The molecule has 0 saturated heterocycles. The van der Waals surface area contributed by atoms with E-state index in [1.54, 1.807) is 0 Å². The smallest absolute Gasteiger partial charge is 0.137 e. The average Bonchev–Trinajstić information content (AvgIpc) is 3.99. The van der Waals surface area contributed by atoms with Crippen LogP contribution in [0.2, 0.25) is 0 Å². The highest BCUT2D eigenvalue weighted by molar-refractivity contribution is 6.31. The Morgan fingerprint density at radius 1 is 0.359 bits per heavy atom. The second kappa shape index (κ2) is 13.3. The van der Waals surface area contributed by atoms with E-state index in [9.17, 15) is 0 Å². The van der Waals surface area contributed by atoms with Crippen LogP contribution < -0.4 is 4.90 Å². The topological polar surface area (TPSA) is 20.8 Å². The second-order valence-electron chi connectivity index (χ2n) is 17.1. The lowest BCUT2D eigenvalue weighted by molar-refractivity contribution is 0.669. The fourth-order valence-electron chi connectivity index (χ4n) is 11.5. The van der Waals surface area contributed by atoms with Crippen LogP contribution in [0.5, 0.6) is 0 Å². The van der Waals surface area contributed by atoms with Crippen LogP contribution in [-0.2, 0) is 5.41 Å². The molecule has 14 rings (SSSR count). The summed E-state index contributed by atoms with van der Waals surface area (Å²) in [6, 6.07) is 84.5. The first-order valence-corrected chi connectivity index (χ1v) is 22.1. The van der Waals surface area contributed by atoms with Gasteiger partial charge in [0, 0.05) is 38.6 Å². The van der Waals surface area contributed by atoms with Gasteiger partial charge in [0.25, 0.3) is 0 Å². The van der Waals surface area contributed by atoms with Crippen molar-refractivity contribution in [3.05, 3.63) is 253 Å². The summed E-state index contributed by atoms with van der Waals surface area (Å²) < 4.78 is 8.94. The first kappa shape index (κ1) is 35.2. The molecule has 1 aliphatic carbocycles. The summed E-state index contributed by atoms with van der Waals surface area (Å²) in [5.41, 5.74) is 18.3. The standard InChI is InChI=1S/C61H38N2O/c1-4-16-40(17-5-1)61(41-18-6-2-7-19-41)51-27-11-10-22-46(51)50-38-44(36-37-52(50)61)62(42-20-8-3-9-21-42)43-34-32-39(33-35-43)45-23-13-28-53-57(45)49-26-12-25-48-47-24-14-30-55-58(47)59-54(63(53)60(48)49)29-15-31-56(59)64-55/h1-38H. The van der Waals surface area contributed by atoms with Crippen LogP contribution in [0.25, 0.3) is 82.3 Å². The Labute approximate surface area is 369 Å². The lowest BCUT2D eigenvalue weighted by Crippen LogP contribution is -2.28. The van der Waals surface area contributed by atoms with Crippen molar-refractivity contribution in [1.29, 1.82) is 0 Å². The number of hydrogen-bond donors (Lipinski definition) is 0. The van der Waals surface area contributed by atoms with Crippen molar-refractivity contribution in [1.82, 2.24) is 4.40 Å². The van der Waals surface area contributed by atoms with Crippen molar-refractivity contribution < 1.29 is 4.42 Å². The molecule has 0 radical (unpaired) electrons. The van der Waals surface area contributed by atoms with Crippen LogP contribution in [0.4, 0.5) is 17.1 Å². The number of benzene rings is 10. The van der Waals surface area contributed by atoms with Crippen LogP contribution in [0.1, 0.15) is 22.3 Å². The van der Waals surface area contributed by atoms with E-state index >= 15 is 0 Å². The summed E-state index contributed by atoms with van der Waals surface area (Å²) in [6.45, 7) is 0. The number of rotatable bonds is 6. The highest BCUT2D eigenvalue weighted by Gasteiger charge is 2.46. The van der Waals surface area contributed by atoms with E-state index < -0.39 is 5.41 Å². The number of nitrogens with zero attached hydrogens (tertiary/aromatic N) is 2. The predicted octanol–water partition coefficient (Wildman–Crippen LogP) is 16.2. The van der Waals surface area contributed by atoms with E-state index in [-0.39, 0.29) is 0 Å².